The van der Waals surface area contributed by atoms with Crippen molar-refractivity contribution >= 4 is 21.6 Å². The van der Waals surface area contributed by atoms with Gasteiger partial charge in [-0.15, -0.1) is 0 Å². The van der Waals surface area contributed by atoms with Crippen LogP contribution in [0.15, 0.2) is 42.6 Å². The van der Waals surface area contributed by atoms with Crippen LogP contribution in [0.25, 0.3) is 21.2 Å². The van der Waals surface area contributed by atoms with Crippen molar-refractivity contribution in [3.63, 3.8) is 0 Å². The van der Waals surface area contributed by atoms with Crippen molar-refractivity contribution < 1.29 is 5.11 Å². The number of hydrogen-bond acceptors (Lipinski definition) is 4. The van der Waals surface area contributed by atoms with Crippen molar-refractivity contribution in [3.8, 4) is 22.9 Å². The fraction of sp³-hybridized carbons (Fsp3) is 0. The number of phenolic OH excluding ortho intramolecular Hbond substituents is 1. The van der Waals surface area contributed by atoms with Crippen molar-refractivity contribution in [2.75, 3.05) is 0 Å². The summed E-state index contributed by atoms with van der Waals surface area (Å²) in [7, 11) is 0. The zero-order chi connectivity index (χ0) is 12.5. The highest BCUT2D eigenvalue weighted by Gasteiger charge is 2.11. The van der Waals surface area contributed by atoms with Crippen LogP contribution in [0.2, 0.25) is 0 Å². The average molecular weight is 252 g/mol. The van der Waals surface area contributed by atoms with Crippen LogP contribution in [0, 0.1) is 11.3 Å². The minimum Gasteiger partial charge on any atom is -0.507 e. The van der Waals surface area contributed by atoms with E-state index in [1.54, 1.807) is 24.4 Å². The number of aromatic nitrogens is 1. The van der Waals surface area contributed by atoms with Crippen LogP contribution in [0.4, 0.5) is 0 Å². The Kier molecular flexibility index (Phi) is 2.47. The second-order valence-corrected chi connectivity index (χ2v) is 4.69. The molecule has 0 radical (unpaired) electrons. The van der Waals surface area contributed by atoms with Gasteiger partial charge < -0.3 is 5.11 Å². The van der Waals surface area contributed by atoms with Crippen LogP contribution in [-0.4, -0.2) is 9.48 Å². The molecule has 0 aliphatic rings. The van der Waals surface area contributed by atoms with Crippen LogP contribution < -0.4 is 0 Å². The number of nitrogens with zero attached hydrogens (tertiary/aromatic N) is 2. The quantitative estimate of drug-likeness (QED) is 0.720. The van der Waals surface area contributed by atoms with Crippen LogP contribution >= 0.6 is 11.5 Å². The smallest absolute Gasteiger partial charge is 0.124 e. The highest BCUT2D eigenvalue weighted by atomic mass is 32.1. The molecule has 3 aromatic rings. The van der Waals surface area contributed by atoms with Crippen molar-refractivity contribution in [1.29, 1.82) is 5.26 Å². The van der Waals surface area contributed by atoms with E-state index in [4.69, 9.17) is 5.26 Å². The Morgan fingerprint density at radius 3 is 2.61 bits per heavy atom. The van der Waals surface area contributed by atoms with Crippen LogP contribution in [0.3, 0.4) is 0 Å². The Bertz CT molecular complexity index is 754. The Balaban J connectivity index is 2.27. The largest absolute Gasteiger partial charge is 0.507 e. The molecular formula is C14H8N2OS. The summed E-state index contributed by atoms with van der Waals surface area (Å²) < 4.78 is 5.10. The molecule has 0 aliphatic carbocycles. The van der Waals surface area contributed by atoms with Gasteiger partial charge in [-0.2, -0.15) is 9.64 Å². The summed E-state index contributed by atoms with van der Waals surface area (Å²) in [4.78, 5) is 0. The van der Waals surface area contributed by atoms with Crippen LogP contribution in [0.5, 0.6) is 5.75 Å². The highest BCUT2D eigenvalue weighted by molar-refractivity contribution is 7.14. The Morgan fingerprint density at radius 1 is 1.11 bits per heavy atom. The third kappa shape index (κ3) is 1.62. The van der Waals surface area contributed by atoms with E-state index in [-0.39, 0.29) is 5.75 Å². The molecule has 0 saturated heterocycles. The number of benzene rings is 2. The minimum atomic E-state index is 0.233. The zero-order valence-electron chi connectivity index (χ0n) is 9.29. The molecule has 18 heavy (non-hydrogen) atoms. The highest BCUT2D eigenvalue weighted by Crippen LogP contribution is 2.38. The molecule has 0 unspecified atom stereocenters. The molecule has 1 aromatic heterocycles. The Hall–Kier alpha value is -2.38. The number of nitriles is 1. The predicted molar refractivity (Wildman–Crippen MR) is 71.4 cm³/mol. The SMILES string of the molecule is N#Cc1ccc(-c2c(O)ccc3cnsc23)cc1. The van der Waals surface area contributed by atoms with E-state index in [2.05, 4.69) is 10.4 Å². The van der Waals surface area contributed by atoms with Gasteiger partial charge >= 0.3 is 0 Å². The second kappa shape index (κ2) is 4.13. The van der Waals surface area contributed by atoms with Crippen LogP contribution in [-0.2, 0) is 0 Å². The molecule has 0 aliphatic heterocycles. The number of hydrogen-bond donors (Lipinski definition) is 1. The number of fused-ring (bicyclic) bond motifs is 1. The molecule has 86 valence electrons. The fourth-order valence-corrected chi connectivity index (χ4v) is 2.73. The van der Waals surface area contributed by atoms with Crippen molar-refractivity contribution in [3.05, 3.63) is 48.2 Å². The van der Waals surface area contributed by atoms with Gasteiger partial charge in [0.25, 0.3) is 0 Å². The topological polar surface area (TPSA) is 56.9 Å². The first kappa shape index (κ1) is 10.8. The molecule has 0 saturated carbocycles. The predicted octanol–water partition coefficient (Wildman–Crippen LogP) is 3.54. The van der Waals surface area contributed by atoms with E-state index >= 15 is 0 Å². The van der Waals surface area contributed by atoms with E-state index in [1.165, 1.54) is 11.5 Å². The van der Waals surface area contributed by atoms with Gasteiger partial charge in [0.2, 0.25) is 0 Å². The number of aromatic hydroxyl groups is 1. The first-order chi connectivity index (χ1) is 8.79. The summed E-state index contributed by atoms with van der Waals surface area (Å²) in [5, 5.41) is 19.8. The second-order valence-electron chi connectivity index (χ2n) is 3.89. The standard InChI is InChI=1S/C14H8N2OS/c15-7-9-1-3-10(4-2-9)13-12(17)6-5-11-8-16-18-14(11)13/h1-6,8,17H. The molecule has 2 aromatic carbocycles. The first-order valence-electron chi connectivity index (χ1n) is 5.36. The summed E-state index contributed by atoms with van der Waals surface area (Å²) >= 11 is 1.36. The molecule has 1 heterocycles. The maximum Gasteiger partial charge on any atom is 0.124 e. The van der Waals surface area contributed by atoms with Crippen molar-refractivity contribution in [2.24, 2.45) is 0 Å². The molecule has 3 nitrogen and oxygen atoms in total. The summed E-state index contributed by atoms with van der Waals surface area (Å²) in [6.45, 7) is 0. The Labute approximate surface area is 108 Å². The molecule has 0 spiro atoms. The average Bonchev–Trinajstić information content (AvgIpc) is 2.87. The molecular weight excluding hydrogens is 244 g/mol. The molecule has 0 bridgehead atoms. The van der Waals surface area contributed by atoms with E-state index in [1.807, 2.05) is 18.2 Å². The number of rotatable bonds is 1. The van der Waals surface area contributed by atoms with E-state index in [9.17, 15) is 5.11 Å². The lowest BCUT2D eigenvalue weighted by Crippen LogP contribution is -1.81. The summed E-state index contributed by atoms with van der Waals surface area (Å²) in [6, 6.07) is 12.8. The van der Waals surface area contributed by atoms with Gasteiger partial charge in [-0.1, -0.05) is 12.1 Å². The molecule has 0 atom stereocenters. The lowest BCUT2D eigenvalue weighted by Gasteiger charge is -2.05. The molecule has 0 amide bonds. The molecule has 0 fully saturated rings. The van der Waals surface area contributed by atoms with Gasteiger partial charge in [-0.3, -0.25) is 0 Å². The third-order valence-electron chi connectivity index (χ3n) is 2.80. The lowest BCUT2D eigenvalue weighted by molar-refractivity contribution is 0.478. The molecule has 3 rings (SSSR count). The van der Waals surface area contributed by atoms with E-state index in [0.29, 0.717) is 5.56 Å². The first-order valence-corrected chi connectivity index (χ1v) is 6.14. The zero-order valence-corrected chi connectivity index (χ0v) is 10.1. The monoisotopic (exact) mass is 252 g/mol. The minimum absolute atomic E-state index is 0.233. The van der Waals surface area contributed by atoms with Crippen LogP contribution in [0.1, 0.15) is 5.56 Å². The van der Waals surface area contributed by atoms with Crippen molar-refractivity contribution in [1.82, 2.24) is 4.37 Å². The summed E-state index contributed by atoms with van der Waals surface area (Å²) in [6.07, 6.45) is 1.78. The summed E-state index contributed by atoms with van der Waals surface area (Å²) in [5.74, 6) is 0.233. The van der Waals surface area contributed by atoms with Gasteiger partial charge in [-0.25, -0.2) is 0 Å². The number of phenols is 1. The maximum atomic E-state index is 10.0. The molecule has 1 N–H and O–H groups in total. The normalized spacial score (nSPS) is 10.4. The van der Waals surface area contributed by atoms with Crippen molar-refractivity contribution in [2.45, 2.75) is 0 Å². The lowest BCUT2D eigenvalue weighted by atomic mass is 10.0. The fourth-order valence-electron chi connectivity index (χ4n) is 1.91. The van der Waals surface area contributed by atoms with Gasteiger partial charge in [0, 0.05) is 17.1 Å². The summed E-state index contributed by atoms with van der Waals surface area (Å²) in [5.41, 5.74) is 2.27. The van der Waals surface area contributed by atoms with Gasteiger partial charge in [0.05, 0.1) is 16.3 Å². The maximum absolute atomic E-state index is 10.0. The van der Waals surface area contributed by atoms with Gasteiger partial charge in [0.1, 0.15) is 5.75 Å². The van der Waals surface area contributed by atoms with E-state index < -0.39 is 0 Å². The Morgan fingerprint density at radius 2 is 1.89 bits per heavy atom. The van der Waals surface area contributed by atoms with Gasteiger partial charge in [0.15, 0.2) is 0 Å². The third-order valence-corrected chi connectivity index (χ3v) is 3.64. The van der Waals surface area contributed by atoms with Gasteiger partial charge in [-0.05, 0) is 41.4 Å². The molecule has 4 heteroatoms. The van der Waals surface area contributed by atoms with E-state index in [0.717, 1.165) is 21.2 Å².